The molecule has 0 bridgehead atoms. The number of nitrogens with one attached hydrogen (secondary N) is 1. The highest BCUT2D eigenvalue weighted by atomic mass is 19.1. The fourth-order valence-electron chi connectivity index (χ4n) is 4.44. The first-order valence-corrected chi connectivity index (χ1v) is 13.2. The number of amides is 1. The van der Waals surface area contributed by atoms with Gasteiger partial charge in [0.15, 0.2) is 0 Å². The molecule has 0 saturated carbocycles. The Morgan fingerprint density at radius 3 is 1.92 bits per heavy atom. The Morgan fingerprint density at radius 2 is 1.35 bits per heavy atom. The summed E-state index contributed by atoms with van der Waals surface area (Å²) >= 11 is 0. The van der Waals surface area contributed by atoms with Crippen LogP contribution in [0.25, 0.3) is 0 Å². The van der Waals surface area contributed by atoms with E-state index in [0.29, 0.717) is 18.7 Å². The molecule has 2 heterocycles. The third-order valence-electron chi connectivity index (χ3n) is 6.50. The highest BCUT2D eigenvalue weighted by molar-refractivity contribution is 5.68. The van der Waals surface area contributed by atoms with Crippen LogP contribution in [0.3, 0.4) is 0 Å². The predicted octanol–water partition coefficient (Wildman–Crippen LogP) is 5.52. The Bertz CT molecular complexity index is 1030. The maximum Gasteiger partial charge on any atom is 0.410 e. The molecule has 2 fully saturated rings. The maximum atomic E-state index is 13.4. The normalized spacial score (nSPS) is 16.9. The van der Waals surface area contributed by atoms with Gasteiger partial charge in [-0.15, -0.1) is 0 Å². The number of halogens is 2. The van der Waals surface area contributed by atoms with Crippen LogP contribution in [0, 0.1) is 25.5 Å². The molecule has 4 rings (SSSR count). The summed E-state index contributed by atoms with van der Waals surface area (Å²) < 4.78 is 31.9. The fourth-order valence-corrected chi connectivity index (χ4v) is 4.44. The van der Waals surface area contributed by atoms with Crippen LogP contribution >= 0.6 is 0 Å². The Labute approximate surface area is 220 Å². The van der Waals surface area contributed by atoms with Crippen molar-refractivity contribution >= 4 is 17.5 Å². The van der Waals surface area contributed by atoms with Crippen LogP contribution in [0.2, 0.25) is 0 Å². The second kappa shape index (κ2) is 13.1. The number of carbonyl (C=O) groups excluding carboxylic acids is 1. The summed E-state index contributed by atoms with van der Waals surface area (Å²) in [7, 11) is 0. The summed E-state index contributed by atoms with van der Waals surface area (Å²) in [5.74, 6) is -0.305. The topological polar surface area (TPSA) is 48.1 Å². The number of rotatable bonds is 2. The van der Waals surface area contributed by atoms with Crippen molar-refractivity contribution < 1.29 is 18.3 Å². The Hall–Kier alpha value is -2.87. The van der Waals surface area contributed by atoms with Crippen molar-refractivity contribution in [1.82, 2.24) is 10.2 Å². The van der Waals surface area contributed by atoms with Crippen molar-refractivity contribution in [2.24, 2.45) is 0 Å². The van der Waals surface area contributed by atoms with Gasteiger partial charge in [-0.1, -0.05) is 0 Å². The van der Waals surface area contributed by atoms with Crippen LogP contribution in [0.5, 0.6) is 0 Å². The van der Waals surface area contributed by atoms with Crippen LogP contribution in [0.1, 0.15) is 44.7 Å². The number of benzene rings is 2. The van der Waals surface area contributed by atoms with E-state index in [1.807, 2.05) is 45.9 Å². The first-order chi connectivity index (χ1) is 17.5. The molecule has 0 aromatic heterocycles. The molecular formula is C29H42F2N4O2. The molecule has 0 radical (unpaired) electrons. The van der Waals surface area contributed by atoms with E-state index in [0.717, 1.165) is 69.0 Å². The molecule has 37 heavy (non-hydrogen) atoms. The summed E-state index contributed by atoms with van der Waals surface area (Å²) in [6.45, 7) is 16.2. The largest absolute Gasteiger partial charge is 0.444 e. The molecule has 2 saturated heterocycles. The zero-order valence-electron chi connectivity index (χ0n) is 22.9. The van der Waals surface area contributed by atoms with Gasteiger partial charge in [0.05, 0.1) is 0 Å². The van der Waals surface area contributed by atoms with Crippen LogP contribution in [-0.2, 0) is 4.74 Å². The van der Waals surface area contributed by atoms with E-state index in [-0.39, 0.29) is 17.7 Å². The molecule has 2 aromatic carbocycles. The number of hydrogen-bond acceptors (Lipinski definition) is 5. The van der Waals surface area contributed by atoms with E-state index in [2.05, 4.69) is 15.1 Å². The zero-order chi connectivity index (χ0) is 27.0. The first-order valence-electron chi connectivity index (χ1n) is 13.2. The average molecular weight is 517 g/mol. The number of hydrogen-bond donors (Lipinski definition) is 1. The van der Waals surface area contributed by atoms with Crippen LogP contribution in [0.15, 0.2) is 36.4 Å². The summed E-state index contributed by atoms with van der Waals surface area (Å²) in [5, 5.41) is 3.36. The zero-order valence-corrected chi connectivity index (χ0v) is 22.9. The van der Waals surface area contributed by atoms with Gasteiger partial charge in [-0.05, 0) is 102 Å². The Morgan fingerprint density at radius 1 is 0.784 bits per heavy atom. The third-order valence-corrected chi connectivity index (χ3v) is 6.50. The summed E-state index contributed by atoms with van der Waals surface area (Å²) in [6, 6.07) is 10.5. The lowest BCUT2D eigenvalue weighted by atomic mass is 10.2. The van der Waals surface area contributed by atoms with Gasteiger partial charge in [0, 0.05) is 57.2 Å². The second-order valence-electron chi connectivity index (χ2n) is 10.8. The van der Waals surface area contributed by atoms with E-state index < -0.39 is 5.60 Å². The minimum absolute atomic E-state index is 0.119. The lowest BCUT2D eigenvalue weighted by Crippen LogP contribution is -2.39. The van der Waals surface area contributed by atoms with Crippen LogP contribution in [0.4, 0.5) is 25.0 Å². The Balaban J connectivity index is 0.000000220. The molecule has 204 valence electrons. The van der Waals surface area contributed by atoms with Gasteiger partial charge < -0.3 is 24.8 Å². The smallest absolute Gasteiger partial charge is 0.410 e. The van der Waals surface area contributed by atoms with Crippen molar-refractivity contribution in [2.75, 3.05) is 62.2 Å². The molecular weight excluding hydrogens is 474 g/mol. The highest BCUT2D eigenvalue weighted by Gasteiger charge is 2.24. The van der Waals surface area contributed by atoms with Gasteiger partial charge in [-0.2, -0.15) is 0 Å². The number of anilines is 2. The van der Waals surface area contributed by atoms with E-state index in [4.69, 9.17) is 4.74 Å². The van der Waals surface area contributed by atoms with E-state index in [1.165, 1.54) is 6.07 Å². The van der Waals surface area contributed by atoms with Crippen molar-refractivity contribution in [3.63, 3.8) is 0 Å². The number of ether oxygens (including phenoxy) is 1. The van der Waals surface area contributed by atoms with E-state index in [9.17, 15) is 13.6 Å². The third kappa shape index (κ3) is 8.88. The number of aryl methyl sites for hydroxylation is 2. The molecule has 0 spiro atoms. The van der Waals surface area contributed by atoms with Gasteiger partial charge in [-0.25, -0.2) is 13.6 Å². The average Bonchev–Trinajstić information content (AvgIpc) is 3.26. The summed E-state index contributed by atoms with van der Waals surface area (Å²) in [5.41, 5.74) is 3.04. The van der Waals surface area contributed by atoms with Gasteiger partial charge in [0.2, 0.25) is 0 Å². The molecule has 1 amide bonds. The van der Waals surface area contributed by atoms with Crippen molar-refractivity contribution in [3.8, 4) is 0 Å². The van der Waals surface area contributed by atoms with Gasteiger partial charge in [0.25, 0.3) is 0 Å². The SMILES string of the molecule is Cc1cc(N2CCCN(C(=O)OC(C)(C)C)CC2)ccc1F.Cc1cc(N2CCCNCC2)ccc1F. The van der Waals surface area contributed by atoms with Crippen LogP contribution < -0.4 is 15.1 Å². The molecule has 8 heteroatoms. The molecule has 2 aromatic rings. The van der Waals surface area contributed by atoms with Gasteiger partial charge in [-0.3, -0.25) is 0 Å². The fraction of sp³-hybridized carbons (Fsp3) is 0.552. The minimum atomic E-state index is -0.475. The molecule has 6 nitrogen and oxygen atoms in total. The standard InChI is InChI=1S/C17H25FN2O2.C12H17FN2/c1-13-12-14(6-7-15(13)18)19-8-5-9-20(11-10-19)16(21)22-17(2,3)4;1-10-9-11(3-4-12(10)13)15-7-2-5-14-6-8-15/h6-7,12H,5,8-11H2,1-4H3;3-4,9,14H,2,5-8H2,1H3. The monoisotopic (exact) mass is 516 g/mol. The number of carbonyl (C=O) groups is 1. The van der Waals surface area contributed by atoms with E-state index >= 15 is 0 Å². The molecule has 0 atom stereocenters. The minimum Gasteiger partial charge on any atom is -0.444 e. The highest BCUT2D eigenvalue weighted by Crippen LogP contribution is 2.21. The number of nitrogens with zero attached hydrogens (tertiary/aromatic N) is 3. The van der Waals surface area contributed by atoms with Crippen molar-refractivity contribution in [3.05, 3.63) is 59.2 Å². The second-order valence-corrected chi connectivity index (χ2v) is 10.8. The molecule has 2 aliphatic rings. The quantitative estimate of drug-likeness (QED) is 0.570. The predicted molar refractivity (Wildman–Crippen MR) is 147 cm³/mol. The summed E-state index contributed by atoms with van der Waals surface area (Å²) in [6.07, 6.45) is 1.76. The molecule has 0 aliphatic carbocycles. The van der Waals surface area contributed by atoms with E-state index in [1.54, 1.807) is 24.0 Å². The summed E-state index contributed by atoms with van der Waals surface area (Å²) in [4.78, 5) is 18.4. The molecule has 0 unspecified atom stereocenters. The van der Waals surface area contributed by atoms with Crippen molar-refractivity contribution in [1.29, 1.82) is 0 Å². The maximum absolute atomic E-state index is 13.4. The lowest BCUT2D eigenvalue weighted by molar-refractivity contribution is 0.0263. The van der Waals surface area contributed by atoms with Gasteiger partial charge >= 0.3 is 6.09 Å². The first kappa shape index (κ1) is 28.7. The molecule has 2 aliphatic heterocycles. The lowest BCUT2D eigenvalue weighted by Gasteiger charge is -2.27. The van der Waals surface area contributed by atoms with Crippen LogP contribution in [-0.4, -0.2) is 69.0 Å². The Kier molecular flexibility index (Phi) is 10.1. The van der Waals surface area contributed by atoms with Crippen molar-refractivity contribution in [2.45, 2.75) is 53.1 Å². The molecule has 1 N–H and O–H groups in total. The van der Waals surface area contributed by atoms with Gasteiger partial charge in [0.1, 0.15) is 17.2 Å².